The summed E-state index contributed by atoms with van der Waals surface area (Å²) < 4.78 is 55.1. The molecule has 0 aliphatic carbocycles. The first-order chi connectivity index (χ1) is 9.70. The summed E-state index contributed by atoms with van der Waals surface area (Å²) in [6.07, 6.45) is -4.78. The predicted molar refractivity (Wildman–Crippen MR) is 71.5 cm³/mol. The van der Waals surface area contributed by atoms with Gasteiger partial charge in [0.2, 0.25) is 0 Å². The van der Waals surface area contributed by atoms with Crippen LogP contribution in [0, 0.1) is 12.7 Å². The van der Waals surface area contributed by atoms with Crippen molar-refractivity contribution in [1.29, 1.82) is 0 Å². The topological polar surface area (TPSA) is 42.0 Å². The van der Waals surface area contributed by atoms with Crippen molar-refractivity contribution in [1.82, 2.24) is 4.37 Å². The zero-order valence-electron chi connectivity index (χ0n) is 11.0. The van der Waals surface area contributed by atoms with Crippen molar-refractivity contribution in [2.75, 3.05) is 5.32 Å². The van der Waals surface area contributed by atoms with Crippen LogP contribution in [0.15, 0.2) is 18.2 Å². The number of hydrogen-bond donors (Lipinski definition) is 1. The first-order valence-electron chi connectivity index (χ1n) is 5.81. The number of benzene rings is 1. The molecule has 21 heavy (non-hydrogen) atoms. The lowest BCUT2D eigenvalue weighted by Crippen LogP contribution is -2.08. The SMILES string of the molecule is CC(=O)c1c(C)nsc1Nc1ccc(F)c(C(F)(F)F)c1. The van der Waals surface area contributed by atoms with Gasteiger partial charge in [0, 0.05) is 5.69 Å². The van der Waals surface area contributed by atoms with E-state index in [-0.39, 0.29) is 11.5 Å². The van der Waals surface area contributed by atoms with Crippen LogP contribution in [0.4, 0.5) is 28.3 Å². The number of halogens is 4. The third-order valence-electron chi connectivity index (χ3n) is 2.74. The number of nitrogens with one attached hydrogen (secondary N) is 1. The molecule has 0 amide bonds. The van der Waals surface area contributed by atoms with E-state index in [9.17, 15) is 22.4 Å². The highest BCUT2D eigenvalue weighted by atomic mass is 32.1. The van der Waals surface area contributed by atoms with Gasteiger partial charge in [-0.3, -0.25) is 4.79 Å². The molecule has 0 atom stereocenters. The van der Waals surface area contributed by atoms with E-state index < -0.39 is 17.6 Å². The van der Waals surface area contributed by atoms with Gasteiger partial charge in [0.05, 0.1) is 16.8 Å². The Bertz CT molecular complexity index is 694. The van der Waals surface area contributed by atoms with E-state index in [1.807, 2.05) is 0 Å². The standard InChI is InChI=1S/C13H10F4N2OS/c1-6-11(7(2)20)12(21-19-6)18-8-3-4-10(14)9(5-8)13(15,16)17/h3-5,18H,1-2H3. The van der Waals surface area contributed by atoms with E-state index in [4.69, 9.17) is 0 Å². The zero-order valence-corrected chi connectivity index (χ0v) is 11.8. The first-order valence-corrected chi connectivity index (χ1v) is 6.58. The summed E-state index contributed by atoms with van der Waals surface area (Å²) in [5, 5.41) is 3.02. The molecule has 0 radical (unpaired) electrons. The van der Waals surface area contributed by atoms with Crippen LogP contribution < -0.4 is 5.32 Å². The molecule has 0 saturated heterocycles. The highest BCUT2D eigenvalue weighted by molar-refractivity contribution is 7.10. The van der Waals surface area contributed by atoms with Gasteiger partial charge in [0.25, 0.3) is 0 Å². The number of aromatic nitrogens is 1. The molecule has 2 rings (SSSR count). The van der Waals surface area contributed by atoms with Crippen LogP contribution in [-0.4, -0.2) is 10.2 Å². The Morgan fingerprint density at radius 1 is 1.33 bits per heavy atom. The Balaban J connectivity index is 2.40. The number of carbonyl (C=O) groups excluding carboxylic acids is 1. The average molecular weight is 318 g/mol. The smallest absolute Gasteiger partial charge is 0.345 e. The highest BCUT2D eigenvalue weighted by Gasteiger charge is 2.34. The van der Waals surface area contributed by atoms with Crippen molar-refractivity contribution in [2.24, 2.45) is 0 Å². The normalized spacial score (nSPS) is 11.5. The maximum atomic E-state index is 13.2. The Hall–Kier alpha value is -1.96. The Kier molecular flexibility index (Phi) is 3.99. The minimum absolute atomic E-state index is 0.0369. The molecule has 3 nitrogen and oxygen atoms in total. The van der Waals surface area contributed by atoms with Crippen molar-refractivity contribution in [3.8, 4) is 0 Å². The van der Waals surface area contributed by atoms with Gasteiger partial charge in [-0.15, -0.1) is 0 Å². The molecular formula is C13H10F4N2OS. The molecule has 0 bridgehead atoms. The quantitative estimate of drug-likeness (QED) is 0.666. The summed E-state index contributed by atoms with van der Waals surface area (Å²) in [6, 6.07) is 2.56. The molecule has 0 aliphatic rings. The van der Waals surface area contributed by atoms with E-state index in [1.54, 1.807) is 6.92 Å². The Morgan fingerprint density at radius 3 is 2.57 bits per heavy atom. The molecule has 1 N–H and O–H groups in total. The van der Waals surface area contributed by atoms with Crippen molar-refractivity contribution >= 4 is 28.0 Å². The van der Waals surface area contributed by atoms with Crippen LogP contribution in [-0.2, 0) is 6.18 Å². The van der Waals surface area contributed by atoms with Gasteiger partial charge in [-0.25, -0.2) is 4.39 Å². The second-order valence-corrected chi connectivity index (χ2v) is 5.12. The largest absolute Gasteiger partial charge is 0.419 e. The van der Waals surface area contributed by atoms with Gasteiger partial charge in [-0.2, -0.15) is 17.5 Å². The van der Waals surface area contributed by atoms with Crippen LogP contribution in [0.5, 0.6) is 0 Å². The number of alkyl halides is 3. The number of rotatable bonds is 3. The number of aryl methyl sites for hydroxylation is 1. The van der Waals surface area contributed by atoms with Gasteiger partial charge in [-0.1, -0.05) is 0 Å². The van der Waals surface area contributed by atoms with Gasteiger partial charge in [0.15, 0.2) is 5.78 Å². The molecule has 0 fully saturated rings. The van der Waals surface area contributed by atoms with Crippen LogP contribution in [0.3, 0.4) is 0 Å². The second kappa shape index (κ2) is 5.44. The van der Waals surface area contributed by atoms with Crippen molar-refractivity contribution in [3.05, 3.63) is 40.8 Å². The summed E-state index contributed by atoms with van der Waals surface area (Å²) in [5.41, 5.74) is -0.515. The zero-order chi connectivity index (χ0) is 15.8. The molecule has 1 heterocycles. The van der Waals surface area contributed by atoms with Crippen molar-refractivity contribution in [3.63, 3.8) is 0 Å². The summed E-state index contributed by atoms with van der Waals surface area (Å²) >= 11 is 0.960. The molecule has 2 aromatic rings. The highest BCUT2D eigenvalue weighted by Crippen LogP contribution is 2.35. The second-order valence-electron chi connectivity index (χ2n) is 4.35. The first kappa shape index (κ1) is 15.4. The summed E-state index contributed by atoms with van der Waals surface area (Å²) in [7, 11) is 0. The number of ketones is 1. The van der Waals surface area contributed by atoms with Crippen molar-refractivity contribution < 1.29 is 22.4 Å². The molecule has 8 heteroatoms. The lowest BCUT2D eigenvalue weighted by molar-refractivity contribution is -0.139. The maximum absolute atomic E-state index is 13.2. The monoisotopic (exact) mass is 318 g/mol. The van der Waals surface area contributed by atoms with Crippen molar-refractivity contribution in [2.45, 2.75) is 20.0 Å². The molecule has 0 spiro atoms. The van der Waals surface area contributed by atoms with E-state index in [1.165, 1.54) is 13.0 Å². The summed E-state index contributed by atoms with van der Waals surface area (Å²) in [5.74, 6) is -1.60. The lowest BCUT2D eigenvalue weighted by Gasteiger charge is -2.11. The summed E-state index contributed by atoms with van der Waals surface area (Å²) in [4.78, 5) is 11.5. The summed E-state index contributed by atoms with van der Waals surface area (Å²) in [6.45, 7) is 2.97. The van der Waals surface area contributed by atoms with Gasteiger partial charge in [0.1, 0.15) is 10.8 Å². The van der Waals surface area contributed by atoms with E-state index >= 15 is 0 Å². The molecule has 0 saturated carbocycles. The molecule has 1 aromatic heterocycles. The van der Waals surface area contributed by atoms with Crippen LogP contribution in [0.25, 0.3) is 0 Å². The fraction of sp³-hybridized carbons (Fsp3) is 0.231. The number of Topliss-reactive ketones (excluding diaryl/α,β-unsaturated/α-hetero) is 1. The number of carbonyl (C=O) groups is 1. The maximum Gasteiger partial charge on any atom is 0.419 e. The minimum atomic E-state index is -4.78. The van der Waals surface area contributed by atoms with E-state index in [0.29, 0.717) is 22.3 Å². The third-order valence-corrected chi connectivity index (χ3v) is 3.60. The van der Waals surface area contributed by atoms with E-state index in [2.05, 4.69) is 9.69 Å². The molecule has 1 aromatic carbocycles. The molecule has 0 aliphatic heterocycles. The molecular weight excluding hydrogens is 308 g/mol. The number of hydrogen-bond acceptors (Lipinski definition) is 4. The van der Waals surface area contributed by atoms with Crippen LogP contribution in [0.1, 0.15) is 28.5 Å². The van der Waals surface area contributed by atoms with Crippen LogP contribution in [0.2, 0.25) is 0 Å². The lowest BCUT2D eigenvalue weighted by atomic mass is 10.1. The van der Waals surface area contributed by atoms with Gasteiger partial charge < -0.3 is 5.32 Å². The minimum Gasteiger partial charge on any atom is -0.345 e. The fourth-order valence-corrected chi connectivity index (χ4v) is 2.69. The third kappa shape index (κ3) is 3.21. The average Bonchev–Trinajstić information content (AvgIpc) is 2.71. The van der Waals surface area contributed by atoms with Gasteiger partial charge >= 0.3 is 6.18 Å². The fourth-order valence-electron chi connectivity index (χ4n) is 1.82. The Morgan fingerprint density at radius 2 is 2.00 bits per heavy atom. The molecule has 112 valence electrons. The van der Waals surface area contributed by atoms with Gasteiger partial charge in [-0.05, 0) is 43.6 Å². The number of anilines is 2. The van der Waals surface area contributed by atoms with Crippen LogP contribution >= 0.6 is 11.5 Å². The molecule has 0 unspecified atom stereocenters. The van der Waals surface area contributed by atoms with E-state index in [0.717, 1.165) is 17.6 Å². The predicted octanol–water partition coefficient (Wildman–Crippen LogP) is 4.56. The number of nitrogens with zero attached hydrogens (tertiary/aromatic N) is 1. The Labute approximate surface area is 121 Å².